The van der Waals surface area contributed by atoms with Crippen LogP contribution in [-0.4, -0.2) is 25.7 Å². The molecule has 0 aliphatic rings. The van der Waals surface area contributed by atoms with E-state index in [-0.39, 0.29) is 0 Å². The topological polar surface area (TPSA) is 55.4 Å². The molecule has 5 heteroatoms. The SMILES string of the molecule is COc1ccc(CNNCCc2ccc(OC)nc2C)cc1. The van der Waals surface area contributed by atoms with E-state index in [9.17, 15) is 0 Å². The van der Waals surface area contributed by atoms with Crippen molar-refractivity contribution in [1.82, 2.24) is 15.8 Å². The molecule has 0 amide bonds. The molecule has 0 aliphatic heterocycles. The highest BCUT2D eigenvalue weighted by Crippen LogP contribution is 2.12. The van der Waals surface area contributed by atoms with Crippen molar-refractivity contribution in [3.05, 3.63) is 53.2 Å². The molecule has 0 fully saturated rings. The highest BCUT2D eigenvalue weighted by molar-refractivity contribution is 5.27. The van der Waals surface area contributed by atoms with Crippen LogP contribution in [0.25, 0.3) is 0 Å². The summed E-state index contributed by atoms with van der Waals surface area (Å²) in [4.78, 5) is 4.37. The van der Waals surface area contributed by atoms with Gasteiger partial charge in [-0.25, -0.2) is 4.98 Å². The van der Waals surface area contributed by atoms with E-state index < -0.39 is 0 Å². The molecule has 0 unspecified atom stereocenters. The summed E-state index contributed by atoms with van der Waals surface area (Å²) in [6.45, 7) is 3.61. The summed E-state index contributed by atoms with van der Waals surface area (Å²) in [6, 6.07) is 12.0. The van der Waals surface area contributed by atoms with Gasteiger partial charge in [0.1, 0.15) is 5.75 Å². The first-order chi connectivity index (χ1) is 10.7. The van der Waals surface area contributed by atoms with Crippen molar-refractivity contribution < 1.29 is 9.47 Å². The van der Waals surface area contributed by atoms with Crippen molar-refractivity contribution >= 4 is 0 Å². The van der Waals surface area contributed by atoms with Gasteiger partial charge in [0.15, 0.2) is 0 Å². The van der Waals surface area contributed by atoms with Crippen LogP contribution in [-0.2, 0) is 13.0 Å². The molecule has 22 heavy (non-hydrogen) atoms. The predicted octanol–water partition coefficient (Wildman–Crippen LogP) is 2.24. The van der Waals surface area contributed by atoms with Gasteiger partial charge >= 0.3 is 0 Å². The molecule has 0 spiro atoms. The summed E-state index contributed by atoms with van der Waals surface area (Å²) in [5, 5.41) is 0. The Kier molecular flexibility index (Phi) is 6.18. The Morgan fingerprint density at radius 1 is 0.955 bits per heavy atom. The lowest BCUT2D eigenvalue weighted by Gasteiger charge is -2.10. The van der Waals surface area contributed by atoms with E-state index in [0.717, 1.165) is 31.0 Å². The number of hydrogen-bond acceptors (Lipinski definition) is 5. The number of ether oxygens (including phenoxy) is 2. The van der Waals surface area contributed by atoms with E-state index in [1.807, 2.05) is 37.3 Å². The van der Waals surface area contributed by atoms with E-state index in [1.54, 1.807) is 14.2 Å². The van der Waals surface area contributed by atoms with Crippen molar-refractivity contribution in [2.45, 2.75) is 19.9 Å². The van der Waals surface area contributed by atoms with Gasteiger partial charge in [-0.1, -0.05) is 18.2 Å². The standard InChI is InChI=1S/C17H23N3O2/c1-13-15(6-9-17(20-13)22-3)10-11-18-19-12-14-4-7-16(21-2)8-5-14/h4-9,18-19H,10-12H2,1-3H3. The molecule has 2 aromatic rings. The zero-order valence-corrected chi connectivity index (χ0v) is 13.3. The largest absolute Gasteiger partial charge is 0.497 e. The minimum absolute atomic E-state index is 0.659. The molecular weight excluding hydrogens is 278 g/mol. The summed E-state index contributed by atoms with van der Waals surface area (Å²) < 4.78 is 10.2. The highest BCUT2D eigenvalue weighted by atomic mass is 16.5. The Balaban J connectivity index is 1.70. The number of nitrogens with zero attached hydrogens (tertiary/aromatic N) is 1. The third-order valence-electron chi connectivity index (χ3n) is 3.47. The number of rotatable bonds is 8. The van der Waals surface area contributed by atoms with Crippen LogP contribution in [0.5, 0.6) is 11.6 Å². The second-order valence-electron chi connectivity index (χ2n) is 4.98. The van der Waals surface area contributed by atoms with Crippen molar-refractivity contribution in [3.63, 3.8) is 0 Å². The third kappa shape index (κ3) is 4.72. The van der Waals surface area contributed by atoms with Gasteiger partial charge in [0, 0.05) is 24.8 Å². The number of aryl methyl sites for hydroxylation is 1. The number of aromatic nitrogens is 1. The van der Waals surface area contributed by atoms with Crippen molar-refractivity contribution in [3.8, 4) is 11.6 Å². The van der Waals surface area contributed by atoms with Crippen molar-refractivity contribution in [1.29, 1.82) is 0 Å². The second-order valence-corrected chi connectivity index (χ2v) is 4.98. The number of benzene rings is 1. The number of hydrogen-bond donors (Lipinski definition) is 2. The van der Waals surface area contributed by atoms with E-state index in [4.69, 9.17) is 9.47 Å². The fourth-order valence-electron chi connectivity index (χ4n) is 2.14. The first-order valence-electron chi connectivity index (χ1n) is 7.32. The Morgan fingerprint density at radius 2 is 1.73 bits per heavy atom. The zero-order valence-electron chi connectivity index (χ0n) is 13.3. The van der Waals surface area contributed by atoms with Gasteiger partial charge in [-0.2, -0.15) is 0 Å². The summed E-state index contributed by atoms with van der Waals surface area (Å²) in [5.41, 5.74) is 9.88. The molecule has 5 nitrogen and oxygen atoms in total. The van der Waals surface area contributed by atoms with Gasteiger partial charge < -0.3 is 9.47 Å². The van der Waals surface area contributed by atoms with Gasteiger partial charge in [-0.05, 0) is 36.6 Å². The van der Waals surface area contributed by atoms with Gasteiger partial charge in [-0.3, -0.25) is 10.9 Å². The summed E-state index contributed by atoms with van der Waals surface area (Å²) >= 11 is 0. The molecule has 0 aliphatic carbocycles. The van der Waals surface area contributed by atoms with E-state index in [2.05, 4.69) is 21.9 Å². The van der Waals surface area contributed by atoms with Crippen LogP contribution in [0.1, 0.15) is 16.8 Å². The average molecular weight is 301 g/mol. The maximum atomic E-state index is 5.14. The van der Waals surface area contributed by atoms with Gasteiger partial charge in [-0.15, -0.1) is 0 Å². The lowest BCUT2D eigenvalue weighted by molar-refractivity contribution is 0.396. The van der Waals surface area contributed by atoms with E-state index in [0.29, 0.717) is 5.88 Å². The lowest BCUT2D eigenvalue weighted by atomic mass is 10.1. The van der Waals surface area contributed by atoms with Crippen LogP contribution in [0.2, 0.25) is 0 Å². The molecule has 0 bridgehead atoms. The quantitative estimate of drug-likeness (QED) is 0.578. The fraction of sp³-hybridized carbons (Fsp3) is 0.353. The van der Waals surface area contributed by atoms with Gasteiger partial charge in [0.2, 0.25) is 5.88 Å². The van der Waals surface area contributed by atoms with E-state index in [1.165, 1.54) is 11.1 Å². The lowest BCUT2D eigenvalue weighted by Crippen LogP contribution is -2.32. The monoisotopic (exact) mass is 301 g/mol. The molecule has 118 valence electrons. The molecule has 0 saturated carbocycles. The number of nitrogens with one attached hydrogen (secondary N) is 2. The minimum Gasteiger partial charge on any atom is -0.497 e. The Labute approximate surface area is 131 Å². The highest BCUT2D eigenvalue weighted by Gasteiger charge is 2.01. The molecule has 2 rings (SSSR count). The Hall–Kier alpha value is -2.11. The Morgan fingerprint density at radius 3 is 2.36 bits per heavy atom. The smallest absolute Gasteiger partial charge is 0.213 e. The zero-order chi connectivity index (χ0) is 15.8. The third-order valence-corrected chi connectivity index (χ3v) is 3.47. The first-order valence-corrected chi connectivity index (χ1v) is 7.32. The van der Waals surface area contributed by atoms with Crippen LogP contribution >= 0.6 is 0 Å². The van der Waals surface area contributed by atoms with Crippen molar-refractivity contribution in [2.24, 2.45) is 0 Å². The molecule has 0 radical (unpaired) electrons. The average Bonchev–Trinajstić information content (AvgIpc) is 2.56. The molecule has 2 N–H and O–H groups in total. The minimum atomic E-state index is 0.659. The maximum Gasteiger partial charge on any atom is 0.213 e. The molecule has 1 aromatic carbocycles. The molecular formula is C17H23N3O2. The number of methoxy groups -OCH3 is 2. The summed E-state index contributed by atoms with van der Waals surface area (Å²) in [7, 11) is 3.30. The molecule has 0 saturated heterocycles. The van der Waals surface area contributed by atoms with Crippen LogP contribution in [0.4, 0.5) is 0 Å². The molecule has 1 aromatic heterocycles. The fourth-order valence-corrected chi connectivity index (χ4v) is 2.14. The van der Waals surface area contributed by atoms with E-state index >= 15 is 0 Å². The maximum absolute atomic E-state index is 5.14. The van der Waals surface area contributed by atoms with Crippen LogP contribution in [0.3, 0.4) is 0 Å². The normalized spacial score (nSPS) is 10.5. The Bertz CT molecular complexity index is 585. The summed E-state index contributed by atoms with van der Waals surface area (Å²) in [6.07, 6.45) is 0.915. The second kappa shape index (κ2) is 8.36. The van der Waals surface area contributed by atoms with Crippen LogP contribution < -0.4 is 20.3 Å². The molecule has 0 atom stereocenters. The van der Waals surface area contributed by atoms with Gasteiger partial charge in [0.25, 0.3) is 0 Å². The number of pyridine rings is 1. The predicted molar refractivity (Wildman–Crippen MR) is 87.1 cm³/mol. The van der Waals surface area contributed by atoms with Crippen LogP contribution in [0, 0.1) is 6.92 Å². The van der Waals surface area contributed by atoms with Crippen LogP contribution in [0.15, 0.2) is 36.4 Å². The summed E-state index contributed by atoms with van der Waals surface area (Å²) in [5.74, 6) is 1.53. The first kappa shape index (κ1) is 16.3. The number of hydrazine groups is 1. The van der Waals surface area contributed by atoms with Gasteiger partial charge in [0.05, 0.1) is 14.2 Å². The van der Waals surface area contributed by atoms with Crippen molar-refractivity contribution in [2.75, 3.05) is 20.8 Å². The molecule has 1 heterocycles.